The highest BCUT2D eigenvalue weighted by molar-refractivity contribution is 6.42. The van der Waals surface area contributed by atoms with Crippen molar-refractivity contribution >= 4 is 34.8 Å². The lowest BCUT2D eigenvalue weighted by Crippen LogP contribution is -2.39. The number of halogens is 2. The van der Waals surface area contributed by atoms with Crippen LogP contribution < -0.4 is 5.32 Å². The molecule has 2 aromatic rings. The molecule has 5 rings (SSSR count). The van der Waals surface area contributed by atoms with E-state index in [1.165, 1.54) is 5.56 Å². The van der Waals surface area contributed by atoms with Crippen LogP contribution in [0.2, 0.25) is 10.0 Å². The Bertz CT molecular complexity index is 1010. The van der Waals surface area contributed by atoms with Gasteiger partial charge in [0, 0.05) is 19.0 Å². The fourth-order valence-electron chi connectivity index (χ4n) is 5.25. The molecule has 0 bridgehead atoms. The Morgan fingerprint density at radius 1 is 1.07 bits per heavy atom. The normalized spacial score (nSPS) is 25.6. The molecule has 1 saturated heterocycles. The number of carbonyl (C=O) groups is 1. The molecule has 3 atom stereocenters. The highest BCUT2D eigenvalue weighted by Crippen LogP contribution is 2.52. The largest absolute Gasteiger partial charge is 0.377 e. The molecule has 0 aromatic heterocycles. The predicted molar refractivity (Wildman–Crippen MR) is 124 cm³/mol. The number of hydrogen-bond donors (Lipinski definition) is 1. The van der Waals surface area contributed by atoms with Crippen LogP contribution in [0.25, 0.3) is 0 Å². The van der Waals surface area contributed by atoms with E-state index in [9.17, 15) is 4.79 Å². The molecular formula is C25H26Cl2N2O. The summed E-state index contributed by atoms with van der Waals surface area (Å²) in [5, 5.41) is 4.88. The molecule has 3 nitrogen and oxygen atoms in total. The lowest BCUT2D eigenvalue weighted by Gasteiger charge is -2.39. The molecular weight excluding hydrogens is 415 g/mol. The number of nitrogens with one attached hydrogen (secondary N) is 1. The number of anilines is 1. The quantitative estimate of drug-likeness (QED) is 0.527. The Balaban J connectivity index is 1.55. The molecule has 2 heterocycles. The number of likely N-dealkylation sites (tertiary alicyclic amines) is 1. The number of para-hydroxylation sites is 1. The maximum absolute atomic E-state index is 13.5. The number of fused-ring (bicyclic) bond motifs is 3. The zero-order valence-electron chi connectivity index (χ0n) is 17.1. The van der Waals surface area contributed by atoms with Gasteiger partial charge >= 0.3 is 0 Å². The van der Waals surface area contributed by atoms with E-state index in [2.05, 4.69) is 30.5 Å². The van der Waals surface area contributed by atoms with E-state index in [0.717, 1.165) is 49.2 Å². The predicted octanol–water partition coefficient (Wildman–Crippen LogP) is 6.69. The topological polar surface area (TPSA) is 32.3 Å². The highest BCUT2D eigenvalue weighted by atomic mass is 35.5. The number of benzene rings is 2. The first-order valence-corrected chi connectivity index (χ1v) is 11.6. The minimum atomic E-state index is 0.0130. The van der Waals surface area contributed by atoms with Crippen molar-refractivity contribution in [3.05, 3.63) is 75.3 Å². The third kappa shape index (κ3) is 3.33. The SMILES string of the molecule is CC1CCN(C(=O)c2cccc3c2NC(c2cccc(Cl)c2Cl)C2CC=CC32)CC1. The molecule has 1 N–H and O–H groups in total. The van der Waals surface area contributed by atoms with Crippen molar-refractivity contribution in [3.8, 4) is 0 Å². The maximum Gasteiger partial charge on any atom is 0.255 e. The first kappa shape index (κ1) is 20.0. The average Bonchev–Trinajstić information content (AvgIpc) is 3.25. The summed E-state index contributed by atoms with van der Waals surface area (Å²) in [6.45, 7) is 3.93. The molecule has 0 saturated carbocycles. The number of hydrogen-bond acceptors (Lipinski definition) is 2. The smallest absolute Gasteiger partial charge is 0.255 e. The molecule has 5 heteroatoms. The van der Waals surface area contributed by atoms with Crippen LogP contribution in [0.1, 0.15) is 59.6 Å². The van der Waals surface area contributed by atoms with Crippen LogP contribution in [0.15, 0.2) is 48.6 Å². The number of carbonyl (C=O) groups excluding carboxylic acids is 1. The third-order valence-corrected chi connectivity index (χ3v) is 7.85. The number of nitrogens with zero attached hydrogens (tertiary/aromatic N) is 1. The van der Waals surface area contributed by atoms with Crippen LogP contribution in [-0.4, -0.2) is 23.9 Å². The summed E-state index contributed by atoms with van der Waals surface area (Å²) in [5.41, 5.74) is 3.93. The van der Waals surface area contributed by atoms with Crippen LogP contribution in [0.4, 0.5) is 5.69 Å². The van der Waals surface area contributed by atoms with Gasteiger partial charge in [-0.2, -0.15) is 0 Å². The van der Waals surface area contributed by atoms with Crippen LogP contribution in [0.3, 0.4) is 0 Å². The fraction of sp³-hybridized carbons (Fsp3) is 0.400. The Morgan fingerprint density at radius 3 is 2.60 bits per heavy atom. The van der Waals surface area contributed by atoms with Crippen LogP contribution in [0.5, 0.6) is 0 Å². The molecule has 156 valence electrons. The van der Waals surface area contributed by atoms with E-state index in [1.54, 1.807) is 0 Å². The zero-order chi connectivity index (χ0) is 20.8. The molecule has 3 unspecified atom stereocenters. The first-order valence-electron chi connectivity index (χ1n) is 10.8. The number of allylic oxidation sites excluding steroid dienone is 2. The van der Waals surface area contributed by atoms with Gasteiger partial charge in [-0.3, -0.25) is 4.79 Å². The van der Waals surface area contributed by atoms with Gasteiger partial charge < -0.3 is 10.2 Å². The van der Waals surface area contributed by atoms with Gasteiger partial charge in [0.2, 0.25) is 0 Å². The zero-order valence-corrected chi connectivity index (χ0v) is 18.6. The summed E-state index contributed by atoms with van der Waals surface area (Å²) < 4.78 is 0. The second kappa shape index (κ2) is 7.94. The van der Waals surface area contributed by atoms with Gasteiger partial charge in [0.15, 0.2) is 0 Å². The van der Waals surface area contributed by atoms with Crippen molar-refractivity contribution in [2.24, 2.45) is 11.8 Å². The average molecular weight is 441 g/mol. The van der Waals surface area contributed by atoms with E-state index in [-0.39, 0.29) is 17.9 Å². The van der Waals surface area contributed by atoms with Crippen molar-refractivity contribution in [2.45, 2.75) is 38.1 Å². The second-order valence-corrected chi connectivity index (χ2v) is 9.65. The molecule has 2 aliphatic heterocycles. The number of piperidine rings is 1. The first-order chi connectivity index (χ1) is 14.5. The van der Waals surface area contributed by atoms with Crippen molar-refractivity contribution in [3.63, 3.8) is 0 Å². The summed E-state index contributed by atoms with van der Waals surface area (Å²) in [6.07, 6.45) is 7.66. The van der Waals surface area contributed by atoms with Gasteiger partial charge in [-0.1, -0.05) is 66.5 Å². The van der Waals surface area contributed by atoms with Gasteiger partial charge in [-0.15, -0.1) is 0 Å². The van der Waals surface area contributed by atoms with E-state index < -0.39 is 0 Å². The minimum absolute atomic E-state index is 0.0130. The highest BCUT2D eigenvalue weighted by Gasteiger charge is 2.40. The molecule has 0 radical (unpaired) electrons. The van der Waals surface area contributed by atoms with Gasteiger partial charge in [0.25, 0.3) is 5.91 Å². The van der Waals surface area contributed by atoms with Crippen LogP contribution in [-0.2, 0) is 0 Å². The number of rotatable bonds is 2. The summed E-state index contributed by atoms with van der Waals surface area (Å²) in [7, 11) is 0. The Labute approximate surface area is 188 Å². The third-order valence-electron chi connectivity index (χ3n) is 7.01. The summed E-state index contributed by atoms with van der Waals surface area (Å²) in [6, 6.07) is 12.0. The van der Waals surface area contributed by atoms with E-state index in [4.69, 9.17) is 23.2 Å². The maximum atomic E-state index is 13.5. The van der Waals surface area contributed by atoms with Gasteiger partial charge in [-0.05, 0) is 54.4 Å². The van der Waals surface area contributed by atoms with Gasteiger partial charge in [0.1, 0.15) is 0 Å². The standard InChI is InChI=1S/C25H26Cl2N2O/c1-15-11-13-29(14-12-15)25(30)20-9-3-7-18-16-5-2-6-17(16)23(28-24(18)20)19-8-4-10-21(26)22(19)27/h2-5,7-10,15-17,23,28H,6,11-14H2,1H3. The van der Waals surface area contributed by atoms with Crippen LogP contribution >= 0.6 is 23.2 Å². The second-order valence-electron chi connectivity index (χ2n) is 8.86. The molecule has 30 heavy (non-hydrogen) atoms. The van der Waals surface area contributed by atoms with Gasteiger partial charge in [0.05, 0.1) is 27.3 Å². The molecule has 1 amide bonds. The molecule has 3 aliphatic rings. The Morgan fingerprint density at radius 2 is 1.80 bits per heavy atom. The number of amides is 1. The lowest BCUT2D eigenvalue weighted by atomic mass is 9.76. The van der Waals surface area contributed by atoms with Crippen LogP contribution in [0, 0.1) is 11.8 Å². The summed E-state index contributed by atoms with van der Waals surface area (Å²) in [4.78, 5) is 15.5. The minimum Gasteiger partial charge on any atom is -0.377 e. The molecule has 1 fully saturated rings. The van der Waals surface area contributed by atoms with Crippen molar-refractivity contribution < 1.29 is 4.79 Å². The Kier molecular flexibility index (Phi) is 5.28. The summed E-state index contributed by atoms with van der Waals surface area (Å²) in [5.74, 6) is 1.45. The van der Waals surface area contributed by atoms with E-state index in [1.807, 2.05) is 35.2 Å². The van der Waals surface area contributed by atoms with Gasteiger partial charge in [-0.25, -0.2) is 0 Å². The van der Waals surface area contributed by atoms with Crippen molar-refractivity contribution in [1.82, 2.24) is 4.90 Å². The van der Waals surface area contributed by atoms with E-state index in [0.29, 0.717) is 21.9 Å². The van der Waals surface area contributed by atoms with Crippen molar-refractivity contribution in [2.75, 3.05) is 18.4 Å². The molecule has 2 aromatic carbocycles. The monoisotopic (exact) mass is 440 g/mol. The van der Waals surface area contributed by atoms with Crippen molar-refractivity contribution in [1.29, 1.82) is 0 Å². The molecule has 0 spiro atoms. The lowest BCUT2D eigenvalue weighted by molar-refractivity contribution is 0.0698. The fourth-order valence-corrected chi connectivity index (χ4v) is 5.68. The molecule has 1 aliphatic carbocycles. The summed E-state index contributed by atoms with van der Waals surface area (Å²) >= 11 is 12.9. The van der Waals surface area contributed by atoms with E-state index >= 15 is 0 Å². The Hall–Kier alpha value is -1.97.